The molecule has 0 aliphatic heterocycles. The van der Waals surface area contributed by atoms with Crippen LogP contribution in [-0.2, 0) is 20.9 Å². The summed E-state index contributed by atoms with van der Waals surface area (Å²) in [5, 5.41) is 2.76. The summed E-state index contributed by atoms with van der Waals surface area (Å²) < 4.78 is 5.11. The molecule has 2 bridgehead atoms. The maximum absolute atomic E-state index is 11.9. The number of ether oxygens (including phenoxy) is 1. The molecular formula is C18H23NO3. The summed E-state index contributed by atoms with van der Waals surface area (Å²) in [6.45, 7) is 0.288. The van der Waals surface area contributed by atoms with Crippen LogP contribution >= 0.6 is 0 Å². The van der Waals surface area contributed by atoms with Crippen molar-refractivity contribution in [3.63, 3.8) is 0 Å². The van der Waals surface area contributed by atoms with E-state index in [9.17, 15) is 9.59 Å². The Bertz CT molecular complexity index is 528. The molecule has 2 aliphatic rings. The summed E-state index contributed by atoms with van der Waals surface area (Å²) >= 11 is 0. The molecule has 3 atom stereocenters. The number of hydrogen-bond donors (Lipinski definition) is 1. The third kappa shape index (κ3) is 3.87. The van der Waals surface area contributed by atoms with Crippen molar-refractivity contribution in [3.8, 4) is 0 Å². The van der Waals surface area contributed by atoms with Crippen LogP contribution in [0, 0.1) is 17.8 Å². The highest BCUT2D eigenvalue weighted by Gasteiger charge is 2.40. The molecule has 1 N–H and O–H groups in total. The van der Waals surface area contributed by atoms with Gasteiger partial charge in [0.2, 0.25) is 0 Å². The van der Waals surface area contributed by atoms with Crippen molar-refractivity contribution in [2.75, 3.05) is 6.61 Å². The van der Waals surface area contributed by atoms with Gasteiger partial charge in [-0.2, -0.15) is 0 Å². The number of rotatable bonds is 6. The maximum atomic E-state index is 11.9. The highest BCUT2D eigenvalue weighted by Crippen LogP contribution is 2.49. The van der Waals surface area contributed by atoms with Gasteiger partial charge in [-0.05, 0) is 42.6 Å². The first kappa shape index (κ1) is 15.1. The third-order valence-electron chi connectivity index (χ3n) is 5.01. The molecule has 4 heteroatoms. The van der Waals surface area contributed by atoms with Crippen molar-refractivity contribution >= 4 is 11.9 Å². The summed E-state index contributed by atoms with van der Waals surface area (Å²) in [4.78, 5) is 23.5. The topological polar surface area (TPSA) is 55.4 Å². The monoisotopic (exact) mass is 301 g/mol. The van der Waals surface area contributed by atoms with E-state index in [1.807, 2.05) is 30.3 Å². The zero-order chi connectivity index (χ0) is 15.4. The van der Waals surface area contributed by atoms with E-state index in [0.29, 0.717) is 24.8 Å². The van der Waals surface area contributed by atoms with Gasteiger partial charge in [-0.25, -0.2) is 0 Å². The normalized spacial score (nSPS) is 25.9. The summed E-state index contributed by atoms with van der Waals surface area (Å²) in [7, 11) is 0. The van der Waals surface area contributed by atoms with Gasteiger partial charge in [0.05, 0.1) is 0 Å². The summed E-state index contributed by atoms with van der Waals surface area (Å²) in [6, 6.07) is 9.68. The molecule has 2 aliphatic carbocycles. The molecule has 2 fully saturated rings. The van der Waals surface area contributed by atoms with Gasteiger partial charge < -0.3 is 10.1 Å². The lowest BCUT2D eigenvalue weighted by Crippen LogP contribution is -2.29. The molecular weight excluding hydrogens is 278 g/mol. The van der Waals surface area contributed by atoms with Crippen LogP contribution in [0.1, 0.15) is 37.7 Å². The zero-order valence-corrected chi connectivity index (χ0v) is 12.8. The Hall–Kier alpha value is -1.84. The number of carbonyl (C=O) groups excluding carboxylic acids is 2. The number of amides is 1. The molecule has 22 heavy (non-hydrogen) atoms. The average Bonchev–Trinajstić information content (AvgIpc) is 3.14. The Kier molecular flexibility index (Phi) is 4.76. The van der Waals surface area contributed by atoms with Gasteiger partial charge in [0, 0.05) is 13.0 Å². The van der Waals surface area contributed by atoms with Crippen molar-refractivity contribution in [2.45, 2.75) is 38.6 Å². The van der Waals surface area contributed by atoms with E-state index < -0.39 is 0 Å². The van der Waals surface area contributed by atoms with Crippen LogP contribution < -0.4 is 5.32 Å². The Balaban J connectivity index is 1.33. The SMILES string of the molecule is O=C(COC(=O)C[C@H]1C[C@H]2CC[C@H]1C2)NCc1ccccc1. The van der Waals surface area contributed by atoms with E-state index in [1.165, 1.54) is 25.7 Å². The molecule has 0 spiro atoms. The lowest BCUT2D eigenvalue weighted by atomic mass is 9.86. The smallest absolute Gasteiger partial charge is 0.306 e. The van der Waals surface area contributed by atoms with Crippen LogP contribution in [0.3, 0.4) is 0 Å². The second kappa shape index (κ2) is 6.95. The second-order valence-corrected chi connectivity index (χ2v) is 6.56. The Labute approximate surface area is 131 Å². The van der Waals surface area contributed by atoms with Gasteiger partial charge in [-0.15, -0.1) is 0 Å². The molecule has 1 aromatic carbocycles. The first-order valence-corrected chi connectivity index (χ1v) is 8.17. The minimum absolute atomic E-state index is 0.174. The van der Waals surface area contributed by atoms with Crippen molar-refractivity contribution < 1.29 is 14.3 Å². The highest BCUT2D eigenvalue weighted by molar-refractivity contribution is 5.80. The molecule has 3 rings (SSSR count). The van der Waals surface area contributed by atoms with E-state index in [0.717, 1.165) is 11.5 Å². The van der Waals surface area contributed by atoms with Gasteiger partial charge in [-0.3, -0.25) is 9.59 Å². The quantitative estimate of drug-likeness (QED) is 0.822. The number of carbonyl (C=O) groups is 2. The van der Waals surface area contributed by atoms with Gasteiger partial charge in [0.15, 0.2) is 6.61 Å². The number of benzene rings is 1. The predicted molar refractivity (Wildman–Crippen MR) is 82.8 cm³/mol. The molecule has 2 saturated carbocycles. The van der Waals surface area contributed by atoms with Crippen LogP contribution in [0.2, 0.25) is 0 Å². The summed E-state index contributed by atoms with van der Waals surface area (Å²) in [6.07, 6.45) is 5.53. The maximum Gasteiger partial charge on any atom is 0.306 e. The molecule has 0 saturated heterocycles. The molecule has 0 unspecified atom stereocenters. The first-order valence-electron chi connectivity index (χ1n) is 8.17. The van der Waals surface area contributed by atoms with Crippen molar-refractivity contribution in [1.82, 2.24) is 5.32 Å². The molecule has 0 heterocycles. The average molecular weight is 301 g/mol. The molecule has 4 nitrogen and oxygen atoms in total. The number of nitrogens with one attached hydrogen (secondary N) is 1. The number of esters is 1. The van der Waals surface area contributed by atoms with Crippen LogP contribution in [0.5, 0.6) is 0 Å². The Morgan fingerprint density at radius 2 is 1.95 bits per heavy atom. The van der Waals surface area contributed by atoms with Crippen molar-refractivity contribution in [2.24, 2.45) is 17.8 Å². The fourth-order valence-corrected chi connectivity index (χ4v) is 3.89. The van der Waals surface area contributed by atoms with Gasteiger partial charge in [0.25, 0.3) is 5.91 Å². The first-order chi connectivity index (χ1) is 10.7. The lowest BCUT2D eigenvalue weighted by Gasteiger charge is -2.20. The van der Waals surface area contributed by atoms with E-state index in [4.69, 9.17) is 4.74 Å². The largest absolute Gasteiger partial charge is 0.456 e. The number of fused-ring (bicyclic) bond motifs is 2. The van der Waals surface area contributed by atoms with E-state index in [-0.39, 0.29) is 18.5 Å². The molecule has 118 valence electrons. The molecule has 1 aromatic rings. The van der Waals surface area contributed by atoms with Gasteiger partial charge in [0.1, 0.15) is 0 Å². The van der Waals surface area contributed by atoms with Crippen LogP contribution in [0.25, 0.3) is 0 Å². The minimum Gasteiger partial charge on any atom is -0.456 e. The second-order valence-electron chi connectivity index (χ2n) is 6.56. The predicted octanol–water partition coefficient (Wildman–Crippen LogP) is 2.67. The zero-order valence-electron chi connectivity index (χ0n) is 12.8. The van der Waals surface area contributed by atoms with E-state index >= 15 is 0 Å². The van der Waals surface area contributed by atoms with Crippen molar-refractivity contribution in [3.05, 3.63) is 35.9 Å². The van der Waals surface area contributed by atoms with Crippen molar-refractivity contribution in [1.29, 1.82) is 0 Å². The summed E-state index contributed by atoms with van der Waals surface area (Å²) in [5.41, 5.74) is 1.03. The van der Waals surface area contributed by atoms with Crippen LogP contribution in [0.15, 0.2) is 30.3 Å². The van der Waals surface area contributed by atoms with Crippen LogP contribution in [0.4, 0.5) is 0 Å². The van der Waals surface area contributed by atoms with E-state index in [1.54, 1.807) is 0 Å². The summed E-state index contributed by atoms with van der Waals surface area (Å²) in [5.74, 6) is 1.55. The van der Waals surface area contributed by atoms with Gasteiger partial charge >= 0.3 is 5.97 Å². The minimum atomic E-state index is -0.245. The Morgan fingerprint density at radius 3 is 2.64 bits per heavy atom. The third-order valence-corrected chi connectivity index (χ3v) is 5.01. The standard InChI is InChI=1S/C18H23NO3/c20-17(19-11-13-4-2-1-3-5-13)12-22-18(21)10-16-9-14-6-7-15(16)8-14/h1-5,14-16H,6-12H2,(H,19,20)/t14-,15-,16+/m0/s1. The lowest BCUT2D eigenvalue weighted by molar-refractivity contribution is -0.149. The number of hydrogen-bond acceptors (Lipinski definition) is 3. The van der Waals surface area contributed by atoms with Gasteiger partial charge in [-0.1, -0.05) is 36.8 Å². The molecule has 0 aromatic heterocycles. The van der Waals surface area contributed by atoms with E-state index in [2.05, 4.69) is 5.32 Å². The fourth-order valence-electron chi connectivity index (χ4n) is 3.89. The molecule has 0 radical (unpaired) electrons. The van der Waals surface area contributed by atoms with Crippen LogP contribution in [-0.4, -0.2) is 18.5 Å². The highest BCUT2D eigenvalue weighted by atomic mass is 16.5. The Morgan fingerprint density at radius 1 is 1.14 bits per heavy atom. The molecule has 1 amide bonds. The fraction of sp³-hybridized carbons (Fsp3) is 0.556.